The summed E-state index contributed by atoms with van der Waals surface area (Å²) in [4.78, 5) is 28.5. The second-order valence-corrected chi connectivity index (χ2v) is 8.73. The van der Waals surface area contributed by atoms with Gasteiger partial charge in [0.25, 0.3) is 11.8 Å². The highest BCUT2D eigenvalue weighted by atomic mass is 16.5. The van der Waals surface area contributed by atoms with E-state index in [0.29, 0.717) is 48.9 Å². The minimum Gasteiger partial charge on any atom is -0.490 e. The summed E-state index contributed by atoms with van der Waals surface area (Å²) >= 11 is 0. The number of benzene rings is 1. The lowest BCUT2D eigenvalue weighted by Gasteiger charge is -2.44. The summed E-state index contributed by atoms with van der Waals surface area (Å²) < 4.78 is 11.2. The minimum atomic E-state index is -0.119. The fraction of sp³-hybridized carbons (Fsp3) is 0.667. The second kappa shape index (κ2) is 11.4. The van der Waals surface area contributed by atoms with Crippen LogP contribution in [0.5, 0.6) is 11.5 Å². The first-order valence-electron chi connectivity index (χ1n) is 11.8. The number of carbonyl (C=O) groups excluding carboxylic acids is 2. The summed E-state index contributed by atoms with van der Waals surface area (Å²) in [5.41, 5.74) is 0.664. The van der Waals surface area contributed by atoms with Gasteiger partial charge in [0, 0.05) is 24.3 Å². The standard InChI is InChI=1S/C24H37N3O4/c1-4-30-21-13-12-19(15-22(21)31-5-2)25-23(28)16-26(3)17-24(29)27-14-8-10-18-9-6-7-11-20(18)27/h12-13,15,18,20H,4-11,14,16-17H2,1-3H3,(H,25,28)/p+1/t18-,20+/m1/s1. The third-order valence-corrected chi connectivity index (χ3v) is 6.31. The van der Waals surface area contributed by atoms with Crippen LogP contribution in [0.15, 0.2) is 18.2 Å². The molecular weight excluding hydrogens is 394 g/mol. The first-order chi connectivity index (χ1) is 15.0. The largest absolute Gasteiger partial charge is 0.490 e. The van der Waals surface area contributed by atoms with E-state index in [9.17, 15) is 9.59 Å². The van der Waals surface area contributed by atoms with Gasteiger partial charge in [0.15, 0.2) is 24.6 Å². The van der Waals surface area contributed by atoms with Crippen molar-refractivity contribution in [1.29, 1.82) is 0 Å². The molecule has 0 spiro atoms. The predicted molar refractivity (Wildman–Crippen MR) is 121 cm³/mol. The average molecular weight is 433 g/mol. The fourth-order valence-electron chi connectivity index (χ4n) is 4.96. The lowest BCUT2D eigenvalue weighted by molar-refractivity contribution is -0.862. The number of hydrogen-bond donors (Lipinski definition) is 2. The molecule has 0 radical (unpaired) electrons. The van der Waals surface area contributed by atoms with Crippen molar-refractivity contribution in [2.75, 3.05) is 45.2 Å². The van der Waals surface area contributed by atoms with E-state index < -0.39 is 0 Å². The Hall–Kier alpha value is -2.28. The number of hydrogen-bond acceptors (Lipinski definition) is 4. The predicted octanol–water partition coefficient (Wildman–Crippen LogP) is 2.12. The molecule has 2 aliphatic rings. The van der Waals surface area contributed by atoms with E-state index >= 15 is 0 Å². The lowest BCUT2D eigenvalue weighted by Crippen LogP contribution is -3.11. The highest BCUT2D eigenvalue weighted by molar-refractivity contribution is 5.92. The molecule has 7 nitrogen and oxygen atoms in total. The van der Waals surface area contributed by atoms with E-state index in [1.165, 1.54) is 25.7 Å². The molecule has 1 heterocycles. The normalized spacial score (nSPS) is 21.7. The zero-order valence-corrected chi connectivity index (χ0v) is 19.2. The van der Waals surface area contributed by atoms with Gasteiger partial charge in [0.1, 0.15) is 0 Å². The number of nitrogens with one attached hydrogen (secondary N) is 2. The molecule has 0 bridgehead atoms. The van der Waals surface area contributed by atoms with Crippen molar-refractivity contribution in [2.45, 2.75) is 58.4 Å². The van der Waals surface area contributed by atoms with Crippen LogP contribution in [0.4, 0.5) is 5.69 Å². The number of likely N-dealkylation sites (N-methyl/N-ethyl adjacent to an activating group) is 1. The quantitative estimate of drug-likeness (QED) is 0.627. The number of anilines is 1. The van der Waals surface area contributed by atoms with Crippen molar-refractivity contribution in [2.24, 2.45) is 5.92 Å². The van der Waals surface area contributed by atoms with Gasteiger partial charge in [-0.3, -0.25) is 9.59 Å². The molecule has 2 fully saturated rings. The molecule has 1 aromatic carbocycles. The lowest BCUT2D eigenvalue weighted by atomic mass is 9.78. The molecule has 3 rings (SSSR count). The number of carbonyl (C=O) groups is 2. The summed E-state index contributed by atoms with van der Waals surface area (Å²) in [7, 11) is 1.91. The molecule has 1 aliphatic heterocycles. The summed E-state index contributed by atoms with van der Waals surface area (Å²) in [6.07, 6.45) is 7.27. The molecule has 1 unspecified atom stereocenters. The number of quaternary nitrogens is 1. The number of fused-ring (bicyclic) bond motifs is 1. The molecule has 172 valence electrons. The molecule has 7 heteroatoms. The monoisotopic (exact) mass is 432 g/mol. The van der Waals surface area contributed by atoms with Crippen LogP contribution in [0, 0.1) is 5.92 Å². The number of piperidine rings is 1. The van der Waals surface area contributed by atoms with Crippen molar-refractivity contribution >= 4 is 17.5 Å². The van der Waals surface area contributed by atoms with Gasteiger partial charge in [-0.2, -0.15) is 0 Å². The van der Waals surface area contributed by atoms with Gasteiger partial charge < -0.3 is 24.6 Å². The van der Waals surface area contributed by atoms with Crippen molar-refractivity contribution in [3.8, 4) is 11.5 Å². The highest BCUT2D eigenvalue weighted by Crippen LogP contribution is 2.35. The number of nitrogens with zero attached hydrogens (tertiary/aromatic N) is 1. The summed E-state index contributed by atoms with van der Waals surface area (Å²) in [6.45, 7) is 6.36. The Labute approximate surface area is 186 Å². The third-order valence-electron chi connectivity index (χ3n) is 6.31. The topological polar surface area (TPSA) is 72.3 Å². The Bertz CT molecular complexity index is 752. The number of rotatable bonds is 9. The van der Waals surface area contributed by atoms with E-state index in [1.54, 1.807) is 12.1 Å². The molecular formula is C24H38N3O4+. The van der Waals surface area contributed by atoms with Crippen molar-refractivity contribution < 1.29 is 24.0 Å². The molecule has 3 atom stereocenters. The summed E-state index contributed by atoms with van der Waals surface area (Å²) in [6, 6.07) is 5.81. The Balaban J connectivity index is 1.52. The van der Waals surface area contributed by atoms with Crippen LogP contribution >= 0.6 is 0 Å². The van der Waals surface area contributed by atoms with Crippen molar-refractivity contribution in [1.82, 2.24) is 4.90 Å². The van der Waals surface area contributed by atoms with Gasteiger partial charge in [-0.05, 0) is 57.6 Å². The SMILES string of the molecule is CCOc1ccc(NC(=O)C[NH+](C)CC(=O)N2CCC[C@H]3CCCC[C@@H]32)cc1OCC. The van der Waals surface area contributed by atoms with Gasteiger partial charge in [0.05, 0.1) is 20.3 Å². The number of likely N-dealkylation sites (tertiary alicyclic amines) is 1. The Morgan fingerprint density at radius 3 is 2.52 bits per heavy atom. The summed E-state index contributed by atoms with van der Waals surface area (Å²) in [5, 5.41) is 2.92. The molecule has 0 aromatic heterocycles. The van der Waals surface area contributed by atoms with Crippen LogP contribution in [0.3, 0.4) is 0 Å². The Kier molecular flexibility index (Phi) is 8.58. The van der Waals surface area contributed by atoms with Crippen LogP contribution in [0.1, 0.15) is 52.4 Å². The molecule has 1 saturated carbocycles. The van der Waals surface area contributed by atoms with Crippen LogP contribution in [-0.4, -0.2) is 62.7 Å². The van der Waals surface area contributed by atoms with Gasteiger partial charge >= 0.3 is 0 Å². The third kappa shape index (κ3) is 6.35. The van der Waals surface area contributed by atoms with Crippen LogP contribution in [0.25, 0.3) is 0 Å². The summed E-state index contributed by atoms with van der Waals surface area (Å²) in [5.74, 6) is 2.02. The molecule has 1 saturated heterocycles. The number of amides is 2. The van der Waals surface area contributed by atoms with Crippen molar-refractivity contribution in [3.05, 3.63) is 18.2 Å². The zero-order valence-electron chi connectivity index (χ0n) is 19.2. The smallest absolute Gasteiger partial charge is 0.279 e. The Morgan fingerprint density at radius 1 is 1.03 bits per heavy atom. The Morgan fingerprint density at radius 2 is 1.74 bits per heavy atom. The van der Waals surface area contributed by atoms with E-state index in [4.69, 9.17) is 9.47 Å². The molecule has 1 aromatic rings. The molecule has 2 amide bonds. The molecule has 31 heavy (non-hydrogen) atoms. The van der Waals surface area contributed by atoms with E-state index in [1.807, 2.05) is 27.0 Å². The van der Waals surface area contributed by atoms with E-state index in [0.717, 1.165) is 24.3 Å². The van der Waals surface area contributed by atoms with E-state index in [-0.39, 0.29) is 18.4 Å². The number of ether oxygens (including phenoxy) is 2. The van der Waals surface area contributed by atoms with Gasteiger partial charge in [-0.15, -0.1) is 0 Å². The maximum absolute atomic E-state index is 13.0. The van der Waals surface area contributed by atoms with Gasteiger partial charge in [0.2, 0.25) is 0 Å². The highest BCUT2D eigenvalue weighted by Gasteiger charge is 2.36. The van der Waals surface area contributed by atoms with Crippen molar-refractivity contribution in [3.63, 3.8) is 0 Å². The van der Waals surface area contributed by atoms with Crippen LogP contribution in [0.2, 0.25) is 0 Å². The van der Waals surface area contributed by atoms with Crippen LogP contribution < -0.4 is 19.7 Å². The van der Waals surface area contributed by atoms with Gasteiger partial charge in [-0.1, -0.05) is 12.8 Å². The fourth-order valence-corrected chi connectivity index (χ4v) is 4.96. The molecule has 2 N–H and O–H groups in total. The second-order valence-electron chi connectivity index (χ2n) is 8.73. The van der Waals surface area contributed by atoms with Crippen LogP contribution in [-0.2, 0) is 9.59 Å². The first-order valence-corrected chi connectivity index (χ1v) is 11.8. The minimum absolute atomic E-state index is 0.119. The maximum Gasteiger partial charge on any atom is 0.279 e. The zero-order chi connectivity index (χ0) is 22.2. The van der Waals surface area contributed by atoms with Gasteiger partial charge in [-0.25, -0.2) is 0 Å². The molecule has 1 aliphatic carbocycles. The first kappa shape index (κ1) is 23.4. The van der Waals surface area contributed by atoms with E-state index in [2.05, 4.69) is 10.2 Å². The maximum atomic E-state index is 13.0. The average Bonchev–Trinajstić information content (AvgIpc) is 2.75.